The van der Waals surface area contributed by atoms with Crippen LogP contribution in [0.5, 0.6) is 0 Å². The summed E-state index contributed by atoms with van der Waals surface area (Å²) in [6.45, 7) is 7.07. The normalized spacial score (nSPS) is 10.7. The Labute approximate surface area is 84.2 Å². The molecule has 2 heteroatoms. The fourth-order valence-corrected chi connectivity index (χ4v) is 1.19. The van der Waals surface area contributed by atoms with Crippen molar-refractivity contribution in [1.29, 1.82) is 0 Å². The van der Waals surface area contributed by atoms with E-state index in [2.05, 4.69) is 6.58 Å². The average Bonchev–Trinajstić information content (AvgIpc) is 2.18. The number of benzene rings is 1. The van der Waals surface area contributed by atoms with E-state index in [0.29, 0.717) is 0 Å². The molecule has 1 aromatic carbocycles. The van der Waals surface area contributed by atoms with Gasteiger partial charge in [-0.25, -0.2) is 4.79 Å². The van der Waals surface area contributed by atoms with E-state index in [1.165, 1.54) is 6.08 Å². The molecule has 0 saturated carbocycles. The van der Waals surface area contributed by atoms with Crippen molar-refractivity contribution in [2.75, 3.05) is 0 Å². The Morgan fingerprint density at radius 1 is 1.36 bits per heavy atom. The minimum Gasteiger partial charge on any atom is -0.452 e. The summed E-state index contributed by atoms with van der Waals surface area (Å²) in [5, 5.41) is 0. The van der Waals surface area contributed by atoms with Crippen LogP contribution in [0.15, 0.2) is 43.0 Å². The maximum absolute atomic E-state index is 11.1. The molecule has 2 nitrogen and oxygen atoms in total. The largest absolute Gasteiger partial charge is 0.452 e. The van der Waals surface area contributed by atoms with Crippen LogP contribution in [-0.4, -0.2) is 5.97 Å². The van der Waals surface area contributed by atoms with Crippen molar-refractivity contribution in [3.05, 3.63) is 48.6 Å². The Kier molecular flexibility index (Phi) is 3.07. The van der Waals surface area contributed by atoms with Crippen molar-refractivity contribution in [2.24, 2.45) is 0 Å². The Morgan fingerprint density at radius 3 is 2.43 bits per heavy atom. The van der Waals surface area contributed by atoms with Crippen LogP contribution in [0.1, 0.15) is 19.4 Å². The SMILES string of the molecule is C=CC(=O)OC(C)(C)c1ccccc1. The zero-order chi connectivity index (χ0) is 10.6. The standard InChI is InChI=1S/C12H14O2/c1-4-11(13)14-12(2,3)10-8-6-5-7-9-10/h4-9H,1H2,2-3H3. The predicted molar refractivity (Wildman–Crippen MR) is 55.8 cm³/mol. The van der Waals surface area contributed by atoms with Crippen LogP contribution in [0.2, 0.25) is 0 Å². The van der Waals surface area contributed by atoms with E-state index in [1.807, 2.05) is 44.2 Å². The minimum absolute atomic E-state index is 0.404. The highest BCUT2D eigenvalue weighted by atomic mass is 16.6. The second kappa shape index (κ2) is 4.09. The van der Waals surface area contributed by atoms with Gasteiger partial charge >= 0.3 is 5.97 Å². The van der Waals surface area contributed by atoms with Gasteiger partial charge in [0.05, 0.1) is 0 Å². The van der Waals surface area contributed by atoms with Crippen LogP contribution in [0.3, 0.4) is 0 Å². The van der Waals surface area contributed by atoms with Crippen LogP contribution in [-0.2, 0) is 15.1 Å². The van der Waals surface area contributed by atoms with Crippen molar-refractivity contribution in [2.45, 2.75) is 19.4 Å². The molecule has 0 bridgehead atoms. The van der Waals surface area contributed by atoms with Crippen molar-refractivity contribution >= 4 is 5.97 Å². The maximum Gasteiger partial charge on any atom is 0.331 e. The lowest BCUT2D eigenvalue weighted by Gasteiger charge is -2.24. The van der Waals surface area contributed by atoms with Gasteiger partial charge in [0.15, 0.2) is 0 Å². The van der Waals surface area contributed by atoms with E-state index in [1.54, 1.807) is 0 Å². The Hall–Kier alpha value is -1.57. The summed E-state index contributed by atoms with van der Waals surface area (Å²) in [5.41, 5.74) is 0.363. The zero-order valence-electron chi connectivity index (χ0n) is 8.49. The van der Waals surface area contributed by atoms with Crippen molar-refractivity contribution in [3.8, 4) is 0 Å². The quantitative estimate of drug-likeness (QED) is 0.541. The lowest BCUT2D eigenvalue weighted by Crippen LogP contribution is -2.24. The first kappa shape index (κ1) is 10.5. The molecule has 1 rings (SSSR count). The molecule has 0 aromatic heterocycles. The fourth-order valence-electron chi connectivity index (χ4n) is 1.19. The van der Waals surface area contributed by atoms with Gasteiger partial charge in [-0.05, 0) is 19.4 Å². The highest BCUT2D eigenvalue weighted by Gasteiger charge is 2.23. The van der Waals surface area contributed by atoms with Gasteiger partial charge in [0.2, 0.25) is 0 Å². The van der Waals surface area contributed by atoms with Crippen LogP contribution < -0.4 is 0 Å². The summed E-state index contributed by atoms with van der Waals surface area (Å²) < 4.78 is 5.22. The molecule has 0 spiro atoms. The summed E-state index contributed by atoms with van der Waals surface area (Å²) in [7, 11) is 0. The fraction of sp³-hybridized carbons (Fsp3) is 0.250. The molecule has 0 fully saturated rings. The molecule has 0 saturated heterocycles. The number of carbonyl (C=O) groups excluding carboxylic acids is 1. The average molecular weight is 190 g/mol. The topological polar surface area (TPSA) is 26.3 Å². The number of ether oxygens (including phenoxy) is 1. The summed E-state index contributed by atoms with van der Waals surface area (Å²) in [6, 6.07) is 9.61. The Morgan fingerprint density at radius 2 is 1.93 bits per heavy atom. The van der Waals surface area contributed by atoms with Crippen molar-refractivity contribution in [3.63, 3.8) is 0 Å². The van der Waals surface area contributed by atoms with Gasteiger partial charge in [-0.1, -0.05) is 36.9 Å². The molecule has 0 N–H and O–H groups in total. The van der Waals surface area contributed by atoms with Gasteiger partial charge in [0.1, 0.15) is 5.60 Å². The molecule has 0 aliphatic carbocycles. The third kappa shape index (κ3) is 2.46. The van der Waals surface area contributed by atoms with E-state index in [0.717, 1.165) is 5.56 Å². The first-order valence-electron chi connectivity index (χ1n) is 4.47. The van der Waals surface area contributed by atoms with Crippen LogP contribution in [0.4, 0.5) is 0 Å². The molecule has 74 valence electrons. The molecule has 0 unspecified atom stereocenters. The third-order valence-corrected chi connectivity index (χ3v) is 1.99. The monoisotopic (exact) mass is 190 g/mol. The van der Waals surface area contributed by atoms with E-state index in [9.17, 15) is 4.79 Å². The van der Waals surface area contributed by atoms with Gasteiger partial charge in [0.25, 0.3) is 0 Å². The highest BCUT2D eigenvalue weighted by molar-refractivity contribution is 5.81. The smallest absolute Gasteiger partial charge is 0.331 e. The molecule has 0 aliphatic rings. The van der Waals surface area contributed by atoms with Crippen LogP contribution in [0, 0.1) is 0 Å². The van der Waals surface area contributed by atoms with Crippen molar-refractivity contribution in [1.82, 2.24) is 0 Å². The molecule has 0 aliphatic heterocycles. The molecule has 0 atom stereocenters. The van der Waals surface area contributed by atoms with Crippen LogP contribution >= 0.6 is 0 Å². The number of carbonyl (C=O) groups is 1. The maximum atomic E-state index is 11.1. The number of hydrogen-bond acceptors (Lipinski definition) is 2. The summed E-state index contributed by atoms with van der Waals surface area (Å²) >= 11 is 0. The van der Waals surface area contributed by atoms with E-state index < -0.39 is 11.6 Å². The molecule has 0 radical (unpaired) electrons. The predicted octanol–water partition coefficient (Wildman–Crippen LogP) is 2.65. The van der Waals surface area contributed by atoms with Crippen molar-refractivity contribution < 1.29 is 9.53 Å². The van der Waals surface area contributed by atoms with Gasteiger partial charge < -0.3 is 4.74 Å². The number of hydrogen-bond donors (Lipinski definition) is 0. The van der Waals surface area contributed by atoms with Gasteiger partial charge in [-0.2, -0.15) is 0 Å². The minimum atomic E-state index is -0.605. The molecular formula is C12H14O2. The second-order valence-corrected chi connectivity index (χ2v) is 3.50. The number of esters is 1. The number of rotatable bonds is 3. The molecule has 1 aromatic rings. The molecule has 0 amide bonds. The summed E-state index contributed by atoms with van der Waals surface area (Å²) in [5.74, 6) is -0.404. The molecule has 0 heterocycles. The van der Waals surface area contributed by atoms with E-state index >= 15 is 0 Å². The van der Waals surface area contributed by atoms with Crippen LogP contribution in [0.25, 0.3) is 0 Å². The molecule has 14 heavy (non-hydrogen) atoms. The van der Waals surface area contributed by atoms with Gasteiger partial charge in [-0.15, -0.1) is 0 Å². The lowest BCUT2D eigenvalue weighted by molar-refractivity contribution is -0.151. The first-order valence-corrected chi connectivity index (χ1v) is 4.47. The lowest BCUT2D eigenvalue weighted by atomic mass is 9.98. The first-order chi connectivity index (χ1) is 6.56. The molecular weight excluding hydrogens is 176 g/mol. The van der Waals surface area contributed by atoms with E-state index in [4.69, 9.17) is 4.74 Å². The second-order valence-electron chi connectivity index (χ2n) is 3.50. The summed E-state index contributed by atoms with van der Waals surface area (Å²) in [6.07, 6.45) is 1.17. The Bertz CT molecular complexity index is 325. The van der Waals surface area contributed by atoms with E-state index in [-0.39, 0.29) is 0 Å². The van der Waals surface area contributed by atoms with Gasteiger partial charge in [-0.3, -0.25) is 0 Å². The Balaban J connectivity index is 2.85. The zero-order valence-corrected chi connectivity index (χ0v) is 8.49. The van der Waals surface area contributed by atoms with Gasteiger partial charge in [0, 0.05) is 6.08 Å². The third-order valence-electron chi connectivity index (χ3n) is 1.99. The summed E-state index contributed by atoms with van der Waals surface area (Å²) in [4.78, 5) is 11.1. The highest BCUT2D eigenvalue weighted by Crippen LogP contribution is 2.24.